The van der Waals surface area contributed by atoms with Crippen LogP contribution in [0.4, 0.5) is 21.7 Å². The molecular weight excluding hydrogens is 285 g/mol. The van der Waals surface area contributed by atoms with E-state index in [1.54, 1.807) is 19.2 Å². The predicted molar refractivity (Wildman–Crippen MR) is 71.2 cm³/mol. The van der Waals surface area contributed by atoms with E-state index in [1.165, 1.54) is 6.07 Å². The molecule has 0 unspecified atom stereocenters. The molecule has 1 aromatic heterocycles. The molecule has 0 aliphatic heterocycles. The predicted octanol–water partition coefficient (Wildman–Crippen LogP) is 3.77. The smallest absolute Gasteiger partial charge is 0.137 e. The molecule has 2 rings (SSSR count). The van der Waals surface area contributed by atoms with Crippen LogP contribution in [-0.4, -0.2) is 12.0 Å². The first-order valence-electron chi connectivity index (χ1n) is 5.06. The lowest BCUT2D eigenvalue weighted by molar-refractivity contribution is 0.621. The van der Waals surface area contributed by atoms with Crippen molar-refractivity contribution in [3.8, 4) is 0 Å². The van der Waals surface area contributed by atoms with Gasteiger partial charge in [-0.3, -0.25) is 0 Å². The van der Waals surface area contributed by atoms with Gasteiger partial charge in [0.25, 0.3) is 0 Å². The highest BCUT2D eigenvalue weighted by atomic mass is 79.9. The standard InChI is InChI=1S/C12H11BrFN3/c1-15-11-3-2-4-12(17-11)16-8-5-6-10(14)9(13)7-8/h2-7H,1H3,(H2,15,16,17). The van der Waals surface area contributed by atoms with Crippen molar-refractivity contribution in [3.05, 3.63) is 46.7 Å². The van der Waals surface area contributed by atoms with E-state index in [2.05, 4.69) is 31.5 Å². The summed E-state index contributed by atoms with van der Waals surface area (Å²) in [5.74, 6) is 1.19. The molecule has 1 aromatic carbocycles. The minimum atomic E-state index is -0.285. The summed E-state index contributed by atoms with van der Waals surface area (Å²) in [5.41, 5.74) is 0.777. The molecule has 0 saturated heterocycles. The molecule has 0 aliphatic rings. The number of anilines is 3. The van der Waals surface area contributed by atoms with Gasteiger partial charge in [-0.25, -0.2) is 9.37 Å². The molecule has 2 aromatic rings. The Morgan fingerprint density at radius 2 is 1.94 bits per heavy atom. The molecule has 0 spiro atoms. The third-order valence-corrected chi connectivity index (χ3v) is 2.80. The van der Waals surface area contributed by atoms with Gasteiger partial charge < -0.3 is 10.6 Å². The molecule has 0 atom stereocenters. The number of aromatic nitrogens is 1. The number of rotatable bonds is 3. The Labute approximate surface area is 107 Å². The monoisotopic (exact) mass is 295 g/mol. The average Bonchev–Trinajstić information content (AvgIpc) is 2.34. The quantitative estimate of drug-likeness (QED) is 0.905. The van der Waals surface area contributed by atoms with Crippen LogP contribution in [0.1, 0.15) is 0 Å². The van der Waals surface area contributed by atoms with Crippen molar-refractivity contribution < 1.29 is 4.39 Å². The van der Waals surface area contributed by atoms with Crippen molar-refractivity contribution >= 4 is 33.3 Å². The summed E-state index contributed by atoms with van der Waals surface area (Å²) in [6.07, 6.45) is 0. The first-order valence-corrected chi connectivity index (χ1v) is 5.85. The number of halogens is 2. The van der Waals surface area contributed by atoms with Crippen molar-refractivity contribution in [2.24, 2.45) is 0 Å². The first-order chi connectivity index (χ1) is 8.19. The van der Waals surface area contributed by atoms with E-state index >= 15 is 0 Å². The summed E-state index contributed by atoms with van der Waals surface area (Å²) in [4.78, 5) is 4.31. The van der Waals surface area contributed by atoms with Crippen LogP contribution in [0.2, 0.25) is 0 Å². The average molecular weight is 296 g/mol. The molecule has 0 amide bonds. The third kappa shape index (κ3) is 2.94. The molecule has 88 valence electrons. The van der Waals surface area contributed by atoms with Crippen LogP contribution >= 0.6 is 15.9 Å². The van der Waals surface area contributed by atoms with Crippen molar-refractivity contribution in [3.63, 3.8) is 0 Å². The van der Waals surface area contributed by atoms with Gasteiger partial charge in [0.1, 0.15) is 17.5 Å². The fourth-order valence-electron chi connectivity index (χ4n) is 1.37. The summed E-state index contributed by atoms with van der Waals surface area (Å²) in [7, 11) is 1.81. The SMILES string of the molecule is CNc1cccc(Nc2ccc(F)c(Br)c2)n1. The van der Waals surface area contributed by atoms with E-state index in [4.69, 9.17) is 0 Å². The number of nitrogens with one attached hydrogen (secondary N) is 2. The zero-order valence-electron chi connectivity index (χ0n) is 9.17. The molecular formula is C12H11BrFN3. The summed E-state index contributed by atoms with van der Waals surface area (Å²) < 4.78 is 13.5. The van der Waals surface area contributed by atoms with E-state index in [1.807, 2.05) is 18.2 Å². The van der Waals surface area contributed by atoms with Crippen molar-refractivity contribution in [1.82, 2.24) is 4.98 Å². The molecule has 2 N–H and O–H groups in total. The Bertz CT molecular complexity index is 531. The lowest BCUT2D eigenvalue weighted by atomic mass is 10.3. The van der Waals surface area contributed by atoms with Crippen LogP contribution < -0.4 is 10.6 Å². The van der Waals surface area contributed by atoms with Crippen LogP contribution in [-0.2, 0) is 0 Å². The summed E-state index contributed by atoms with van der Waals surface area (Å²) in [5, 5.41) is 6.05. The molecule has 0 bridgehead atoms. The van der Waals surface area contributed by atoms with E-state index in [9.17, 15) is 4.39 Å². The van der Waals surface area contributed by atoms with E-state index < -0.39 is 0 Å². The van der Waals surface area contributed by atoms with Crippen molar-refractivity contribution in [2.45, 2.75) is 0 Å². The van der Waals surface area contributed by atoms with Crippen molar-refractivity contribution in [1.29, 1.82) is 0 Å². The zero-order valence-corrected chi connectivity index (χ0v) is 10.8. The molecule has 0 fully saturated rings. The van der Waals surface area contributed by atoms with Gasteiger partial charge in [-0.15, -0.1) is 0 Å². The Hall–Kier alpha value is -1.62. The second kappa shape index (κ2) is 5.14. The van der Waals surface area contributed by atoms with Gasteiger partial charge in [0.05, 0.1) is 4.47 Å². The lowest BCUT2D eigenvalue weighted by Gasteiger charge is -2.07. The van der Waals surface area contributed by atoms with Gasteiger partial charge in [0, 0.05) is 12.7 Å². The minimum Gasteiger partial charge on any atom is -0.373 e. The van der Waals surface area contributed by atoms with Gasteiger partial charge in [-0.2, -0.15) is 0 Å². The van der Waals surface area contributed by atoms with Crippen LogP contribution in [0.5, 0.6) is 0 Å². The molecule has 0 saturated carbocycles. The lowest BCUT2D eigenvalue weighted by Crippen LogP contribution is -1.97. The van der Waals surface area contributed by atoms with Gasteiger partial charge in [0.15, 0.2) is 0 Å². The van der Waals surface area contributed by atoms with Crippen LogP contribution in [0.3, 0.4) is 0 Å². The second-order valence-electron chi connectivity index (χ2n) is 3.41. The first kappa shape index (κ1) is 11.9. The topological polar surface area (TPSA) is 37.0 Å². The molecule has 3 nitrogen and oxygen atoms in total. The van der Waals surface area contributed by atoms with E-state index in [-0.39, 0.29) is 5.82 Å². The number of pyridine rings is 1. The highest BCUT2D eigenvalue weighted by Crippen LogP contribution is 2.22. The summed E-state index contributed by atoms with van der Waals surface area (Å²) >= 11 is 3.14. The normalized spacial score (nSPS) is 10.1. The molecule has 0 radical (unpaired) electrons. The Balaban J connectivity index is 2.22. The summed E-state index contributed by atoms with van der Waals surface area (Å²) in [6.45, 7) is 0. The highest BCUT2D eigenvalue weighted by molar-refractivity contribution is 9.10. The van der Waals surface area contributed by atoms with Gasteiger partial charge >= 0.3 is 0 Å². The highest BCUT2D eigenvalue weighted by Gasteiger charge is 2.01. The Morgan fingerprint density at radius 1 is 1.18 bits per heavy atom. The van der Waals surface area contributed by atoms with E-state index in [0.717, 1.165) is 11.5 Å². The Morgan fingerprint density at radius 3 is 2.65 bits per heavy atom. The fraction of sp³-hybridized carbons (Fsp3) is 0.0833. The van der Waals surface area contributed by atoms with Crippen molar-refractivity contribution in [2.75, 3.05) is 17.7 Å². The van der Waals surface area contributed by atoms with E-state index in [0.29, 0.717) is 10.3 Å². The minimum absolute atomic E-state index is 0.285. The Kier molecular flexibility index (Phi) is 3.58. The second-order valence-corrected chi connectivity index (χ2v) is 4.27. The maximum absolute atomic E-state index is 13.1. The van der Waals surface area contributed by atoms with Crippen LogP contribution in [0.25, 0.3) is 0 Å². The molecule has 17 heavy (non-hydrogen) atoms. The third-order valence-electron chi connectivity index (χ3n) is 2.20. The fourth-order valence-corrected chi connectivity index (χ4v) is 1.74. The van der Waals surface area contributed by atoms with Crippen LogP contribution in [0.15, 0.2) is 40.9 Å². The number of benzene rings is 1. The van der Waals surface area contributed by atoms with Gasteiger partial charge in [-0.05, 0) is 46.3 Å². The molecule has 5 heteroatoms. The maximum Gasteiger partial charge on any atom is 0.137 e. The molecule has 1 heterocycles. The molecule has 0 aliphatic carbocycles. The number of nitrogens with zero attached hydrogens (tertiary/aromatic N) is 1. The zero-order chi connectivity index (χ0) is 12.3. The van der Waals surface area contributed by atoms with Crippen LogP contribution in [0, 0.1) is 5.82 Å². The number of hydrogen-bond donors (Lipinski definition) is 2. The van der Waals surface area contributed by atoms with Gasteiger partial charge in [-0.1, -0.05) is 6.07 Å². The maximum atomic E-state index is 13.1. The number of hydrogen-bond acceptors (Lipinski definition) is 3. The largest absolute Gasteiger partial charge is 0.373 e. The summed E-state index contributed by atoms with van der Waals surface area (Å²) in [6, 6.07) is 10.3. The van der Waals surface area contributed by atoms with Gasteiger partial charge in [0.2, 0.25) is 0 Å².